The molecule has 0 saturated carbocycles. The molecule has 4 rings (SSSR count). The first-order valence-corrected chi connectivity index (χ1v) is 11.1. The van der Waals surface area contributed by atoms with Crippen molar-refractivity contribution < 1.29 is 32.9 Å². The van der Waals surface area contributed by atoms with Crippen molar-refractivity contribution in [1.29, 1.82) is 0 Å². The number of ether oxygens (including phenoxy) is 3. The van der Waals surface area contributed by atoms with Crippen molar-refractivity contribution in [2.75, 3.05) is 33.2 Å². The molecule has 36 heavy (non-hydrogen) atoms. The van der Waals surface area contributed by atoms with E-state index < -0.39 is 11.5 Å². The zero-order chi connectivity index (χ0) is 26.8. The predicted molar refractivity (Wildman–Crippen MR) is 131 cm³/mol. The second-order valence-corrected chi connectivity index (χ2v) is 8.71. The smallest absolute Gasteiger partial charge is 0.301 e. The van der Waals surface area contributed by atoms with Crippen molar-refractivity contribution >= 4 is 22.5 Å². The minimum Gasteiger partial charge on any atom is -0.493 e. The van der Waals surface area contributed by atoms with Crippen LogP contribution < -0.4 is 20.9 Å². The number of hydrogen-bond donors (Lipinski definition) is 3. The number of alkyl halides is 2. The Hall–Kier alpha value is -3.57. The molecular formula is C25H30F2N4O5. The topological polar surface area (TPSA) is 143 Å². The molecule has 194 valence electrons. The Morgan fingerprint density at radius 1 is 1.14 bits per heavy atom. The van der Waals surface area contributed by atoms with E-state index in [0.717, 1.165) is 6.92 Å². The summed E-state index contributed by atoms with van der Waals surface area (Å²) in [5.74, 6) is -2.40. The monoisotopic (exact) mass is 504 g/mol. The lowest BCUT2D eigenvalue weighted by Gasteiger charge is -2.25. The molecule has 0 spiro atoms. The number of nitrogen functional groups attached to an aromatic ring is 1. The van der Waals surface area contributed by atoms with Crippen LogP contribution in [0.1, 0.15) is 30.8 Å². The lowest BCUT2D eigenvalue weighted by molar-refractivity contribution is -0.165. The second-order valence-electron chi connectivity index (χ2n) is 8.71. The van der Waals surface area contributed by atoms with Crippen LogP contribution in [0.5, 0.6) is 11.5 Å². The lowest BCUT2D eigenvalue weighted by atomic mass is 9.96. The van der Waals surface area contributed by atoms with E-state index in [-0.39, 0.29) is 23.6 Å². The van der Waals surface area contributed by atoms with Crippen LogP contribution in [0, 0.1) is 6.92 Å². The van der Waals surface area contributed by atoms with Gasteiger partial charge in [-0.15, -0.1) is 0 Å². The highest BCUT2D eigenvalue weighted by Crippen LogP contribution is 2.52. The van der Waals surface area contributed by atoms with Gasteiger partial charge >= 0.3 is 5.92 Å². The Balaban J connectivity index is 0.000000840. The maximum Gasteiger partial charge on any atom is 0.301 e. The number of carbonyl (C=O) groups excluding carboxylic acids is 1. The molecule has 0 bridgehead atoms. The number of amides is 1. The number of halogens is 2. The number of methoxy groups -OCH3 is 2. The molecule has 9 nitrogen and oxygen atoms in total. The van der Waals surface area contributed by atoms with E-state index in [1.165, 1.54) is 20.1 Å². The number of nitrogens with two attached hydrogens (primary N) is 2. The van der Waals surface area contributed by atoms with Gasteiger partial charge in [0.1, 0.15) is 18.0 Å². The lowest BCUT2D eigenvalue weighted by Crippen LogP contribution is -2.39. The quantitative estimate of drug-likeness (QED) is 0.343. The maximum atomic E-state index is 14.9. The first-order chi connectivity index (χ1) is 16.8. The third-order valence-electron chi connectivity index (χ3n) is 5.70. The number of aryl methyl sites for hydroxylation is 1. The Morgan fingerprint density at radius 3 is 2.42 bits per heavy atom. The number of primary amides is 1. The van der Waals surface area contributed by atoms with Gasteiger partial charge in [-0.05, 0) is 37.6 Å². The van der Waals surface area contributed by atoms with Crippen molar-refractivity contribution in [3.63, 3.8) is 0 Å². The third-order valence-corrected chi connectivity index (χ3v) is 5.70. The van der Waals surface area contributed by atoms with Crippen LogP contribution in [0.2, 0.25) is 0 Å². The van der Waals surface area contributed by atoms with E-state index in [4.69, 9.17) is 19.9 Å². The molecule has 1 aliphatic carbocycles. The Morgan fingerprint density at radius 2 is 1.81 bits per heavy atom. The van der Waals surface area contributed by atoms with Crippen LogP contribution in [0.15, 0.2) is 24.3 Å². The van der Waals surface area contributed by atoms with Crippen LogP contribution in [0.3, 0.4) is 0 Å². The molecule has 11 heteroatoms. The number of hydrogen-bond acceptors (Lipinski definition) is 8. The fraction of sp³-hybridized carbons (Fsp3) is 0.400. The second kappa shape index (κ2) is 10.2. The summed E-state index contributed by atoms with van der Waals surface area (Å²) in [7, 11) is 3.09. The summed E-state index contributed by atoms with van der Waals surface area (Å²) in [6.45, 7) is 4.83. The van der Waals surface area contributed by atoms with Crippen molar-refractivity contribution in [3.05, 3.63) is 41.2 Å². The molecule has 1 amide bonds. The van der Waals surface area contributed by atoms with Crippen LogP contribution in [-0.4, -0.2) is 54.0 Å². The summed E-state index contributed by atoms with van der Waals surface area (Å²) in [5.41, 5.74) is 9.86. The molecule has 5 N–H and O–H groups in total. The summed E-state index contributed by atoms with van der Waals surface area (Å²) >= 11 is 0. The van der Waals surface area contributed by atoms with Gasteiger partial charge in [0.2, 0.25) is 5.91 Å². The average Bonchev–Trinajstić information content (AvgIpc) is 2.96. The molecule has 1 atom stereocenters. The highest BCUT2D eigenvalue weighted by molar-refractivity contribution is 5.96. The number of benzene rings is 2. The number of carbonyl (C=O) groups is 1. The molecular weight excluding hydrogens is 474 g/mol. The van der Waals surface area contributed by atoms with Gasteiger partial charge in [-0.2, -0.15) is 8.78 Å². The van der Waals surface area contributed by atoms with Crippen molar-refractivity contribution in [2.45, 2.75) is 38.7 Å². The van der Waals surface area contributed by atoms with Crippen LogP contribution in [0.25, 0.3) is 22.2 Å². The number of rotatable bonds is 6. The van der Waals surface area contributed by atoms with Crippen molar-refractivity contribution in [2.24, 2.45) is 5.73 Å². The Bertz CT molecular complexity index is 1290. The fourth-order valence-electron chi connectivity index (χ4n) is 4.09. The van der Waals surface area contributed by atoms with Gasteiger partial charge in [0, 0.05) is 48.7 Å². The summed E-state index contributed by atoms with van der Waals surface area (Å²) in [5, 5.41) is 11.0. The summed E-state index contributed by atoms with van der Waals surface area (Å²) in [4.78, 5) is 18.3. The van der Waals surface area contributed by atoms with Gasteiger partial charge in [-0.25, -0.2) is 9.97 Å². The van der Waals surface area contributed by atoms with E-state index in [9.17, 15) is 18.7 Å². The van der Waals surface area contributed by atoms with E-state index >= 15 is 0 Å². The zero-order valence-electron chi connectivity index (χ0n) is 20.8. The van der Waals surface area contributed by atoms with Crippen molar-refractivity contribution in [1.82, 2.24) is 9.97 Å². The van der Waals surface area contributed by atoms with Gasteiger partial charge in [-0.1, -0.05) is 0 Å². The van der Waals surface area contributed by atoms with Gasteiger partial charge in [0.15, 0.2) is 11.5 Å². The normalized spacial score (nSPS) is 17.8. The first kappa shape index (κ1) is 27.0. The molecule has 1 aromatic heterocycles. The number of fused-ring (bicyclic) bond motifs is 2. The van der Waals surface area contributed by atoms with Crippen LogP contribution in [0.4, 0.5) is 14.5 Å². The number of aliphatic hydroxyl groups is 1. The minimum absolute atomic E-state index is 0.158. The summed E-state index contributed by atoms with van der Waals surface area (Å²) in [6.07, 6.45) is -0.233. The van der Waals surface area contributed by atoms with Gasteiger partial charge in [0.05, 0.1) is 24.9 Å². The molecule has 0 radical (unpaired) electrons. The maximum absolute atomic E-state index is 14.9. The van der Waals surface area contributed by atoms with Gasteiger partial charge < -0.3 is 30.8 Å². The average molecular weight is 505 g/mol. The first-order valence-electron chi connectivity index (χ1n) is 11.1. The van der Waals surface area contributed by atoms with Crippen LogP contribution >= 0.6 is 0 Å². The molecule has 3 aromatic rings. The van der Waals surface area contributed by atoms with Gasteiger partial charge in [0.25, 0.3) is 0 Å². The molecule has 1 aliphatic rings. The van der Waals surface area contributed by atoms with E-state index in [0.29, 0.717) is 58.3 Å². The molecule has 2 aromatic carbocycles. The highest BCUT2D eigenvalue weighted by Gasteiger charge is 2.57. The predicted octanol–water partition coefficient (Wildman–Crippen LogP) is 3.11. The molecule has 0 fully saturated rings. The Kier molecular flexibility index (Phi) is 7.65. The van der Waals surface area contributed by atoms with Gasteiger partial charge in [-0.3, -0.25) is 4.79 Å². The summed E-state index contributed by atoms with van der Waals surface area (Å²) < 4.78 is 46.1. The Labute approximate surface area is 207 Å². The molecule has 1 unspecified atom stereocenters. The molecule has 1 heterocycles. The fourth-order valence-corrected chi connectivity index (χ4v) is 4.09. The van der Waals surface area contributed by atoms with E-state index in [2.05, 4.69) is 15.7 Å². The number of aromatic nitrogens is 2. The molecule has 0 aliphatic heterocycles. The minimum atomic E-state index is -3.44. The highest BCUT2D eigenvalue weighted by atomic mass is 19.3. The van der Waals surface area contributed by atoms with Crippen molar-refractivity contribution in [3.8, 4) is 22.8 Å². The van der Waals surface area contributed by atoms with Crippen LogP contribution in [-0.2, 0) is 21.9 Å². The summed E-state index contributed by atoms with van der Waals surface area (Å²) in [6, 6.07) is 6.26. The molecule has 0 saturated heterocycles. The zero-order valence-corrected chi connectivity index (χ0v) is 20.8. The third kappa shape index (κ3) is 5.17. The SMILES string of the molecule is CC(N)=O.COCCOc1cc2c(-c3cc(N)cc4c3CC(C)(O)C4(F)F)nc(C)nc2cc1OC. The largest absolute Gasteiger partial charge is 0.493 e. The number of nitrogens with zero attached hydrogens (tertiary/aromatic N) is 2. The standard InChI is InChI=1S/C23H25F2N3O4.C2H5NO/c1-12-27-18-10-19(31-4)20(32-6-5-30-3)9-15(18)21(28-12)14-7-13(26)8-17-16(14)11-22(2,29)23(17,24)25;1-2(3)4/h7-10,29H,5-6,11,26H2,1-4H3;1H3,(H2,3,4). The van der Waals surface area contributed by atoms with E-state index in [1.807, 2.05) is 0 Å². The number of anilines is 1. The van der Waals surface area contributed by atoms with E-state index in [1.54, 1.807) is 32.2 Å².